The highest BCUT2D eigenvalue weighted by atomic mass is 32.2. The highest BCUT2D eigenvalue weighted by Crippen LogP contribution is 2.28. The second kappa shape index (κ2) is 20.0. The summed E-state index contributed by atoms with van der Waals surface area (Å²) in [6.45, 7) is 11.5. The molecule has 1 saturated heterocycles. The summed E-state index contributed by atoms with van der Waals surface area (Å²) >= 11 is 1.75. The van der Waals surface area contributed by atoms with Crippen LogP contribution in [0.15, 0.2) is 70.7 Å². The van der Waals surface area contributed by atoms with Crippen molar-refractivity contribution in [2.75, 3.05) is 36.2 Å². The summed E-state index contributed by atoms with van der Waals surface area (Å²) < 4.78 is 27.9. The number of hydrogen-bond donors (Lipinski definition) is 3. The van der Waals surface area contributed by atoms with E-state index in [1.54, 1.807) is 27.0 Å². The van der Waals surface area contributed by atoms with Crippen molar-refractivity contribution in [2.24, 2.45) is 0 Å². The minimum atomic E-state index is -1.06. The fourth-order valence-electron chi connectivity index (χ4n) is 7.43. The first-order chi connectivity index (χ1) is 28.7. The summed E-state index contributed by atoms with van der Waals surface area (Å²) in [5.41, 5.74) is 5.91. The van der Waals surface area contributed by atoms with Crippen LogP contribution in [0, 0.1) is 0 Å². The van der Waals surface area contributed by atoms with Gasteiger partial charge in [-0.1, -0.05) is 70.5 Å². The zero-order chi connectivity index (χ0) is 41.3. The van der Waals surface area contributed by atoms with E-state index in [1.165, 1.54) is 29.7 Å². The average molecular weight is 840 g/mol. The number of ether oxygens (including phenoxy) is 2. The van der Waals surface area contributed by atoms with Gasteiger partial charge in [-0.25, -0.2) is 0 Å². The summed E-state index contributed by atoms with van der Waals surface area (Å²) in [5, 5.41) is 19.2. The molecule has 8 rings (SSSR count). The first kappa shape index (κ1) is 42.3. The number of piperidine rings is 1. The Bertz CT molecular complexity index is 2340. The van der Waals surface area contributed by atoms with Gasteiger partial charge in [-0.05, 0) is 86.4 Å². The van der Waals surface area contributed by atoms with Crippen LogP contribution in [-0.4, -0.2) is 81.2 Å². The lowest BCUT2D eigenvalue weighted by molar-refractivity contribution is 0.142. The molecule has 314 valence electrons. The van der Waals surface area contributed by atoms with Crippen LogP contribution in [0.1, 0.15) is 107 Å². The van der Waals surface area contributed by atoms with Crippen molar-refractivity contribution < 1.29 is 13.7 Å². The monoisotopic (exact) mass is 839 g/mol. The van der Waals surface area contributed by atoms with E-state index in [1.807, 2.05) is 36.7 Å². The number of nitrogens with zero attached hydrogens (tertiary/aromatic N) is 8. The van der Waals surface area contributed by atoms with Gasteiger partial charge in [0.15, 0.2) is 11.3 Å². The van der Waals surface area contributed by atoms with E-state index < -0.39 is 10.8 Å². The third kappa shape index (κ3) is 10.5. The molecule has 2 aromatic carbocycles. The smallest absolute Gasteiger partial charge is 0.322 e. The van der Waals surface area contributed by atoms with E-state index in [2.05, 4.69) is 99.3 Å². The highest BCUT2D eigenvalue weighted by Gasteiger charge is 2.22. The molecule has 0 bridgehead atoms. The second-order valence-electron chi connectivity index (χ2n) is 15.7. The van der Waals surface area contributed by atoms with Crippen molar-refractivity contribution in [1.82, 2.24) is 44.5 Å². The zero-order valence-corrected chi connectivity index (χ0v) is 36.6. The van der Waals surface area contributed by atoms with Gasteiger partial charge in [-0.15, -0.1) is 11.8 Å². The van der Waals surface area contributed by atoms with E-state index in [4.69, 9.17) is 14.5 Å². The van der Waals surface area contributed by atoms with Gasteiger partial charge < -0.3 is 25.4 Å². The molecule has 2 fully saturated rings. The highest BCUT2D eigenvalue weighted by molar-refractivity contribution is 7.98. The van der Waals surface area contributed by atoms with Crippen LogP contribution in [0.3, 0.4) is 0 Å². The van der Waals surface area contributed by atoms with Gasteiger partial charge in [0.25, 0.3) is 0 Å². The lowest BCUT2D eigenvalue weighted by atomic mass is 9.98. The Balaban J connectivity index is 0.000000179. The van der Waals surface area contributed by atoms with Crippen LogP contribution in [-0.2, 0) is 23.9 Å². The van der Waals surface area contributed by atoms with Gasteiger partial charge >= 0.3 is 12.0 Å². The minimum absolute atomic E-state index is 0.0581. The third-order valence-corrected chi connectivity index (χ3v) is 12.5. The number of aromatic nitrogens is 8. The predicted molar refractivity (Wildman–Crippen MR) is 235 cm³/mol. The van der Waals surface area contributed by atoms with E-state index in [0.717, 1.165) is 71.7 Å². The second-order valence-corrected chi connectivity index (χ2v) is 17.9. The number of anilines is 2. The van der Waals surface area contributed by atoms with Crippen molar-refractivity contribution in [2.45, 2.75) is 120 Å². The van der Waals surface area contributed by atoms with Crippen molar-refractivity contribution >= 4 is 45.8 Å². The van der Waals surface area contributed by atoms with Gasteiger partial charge in [0.1, 0.15) is 12.2 Å². The molecule has 59 heavy (non-hydrogen) atoms. The Morgan fingerprint density at radius 3 is 1.85 bits per heavy atom. The number of fused-ring (bicyclic) bond motifs is 2. The molecule has 1 unspecified atom stereocenters. The molecule has 2 aliphatic rings. The molecule has 0 radical (unpaired) electrons. The van der Waals surface area contributed by atoms with Gasteiger partial charge in [-0.2, -0.15) is 39.2 Å². The van der Waals surface area contributed by atoms with Gasteiger partial charge in [0.05, 0.1) is 23.2 Å². The summed E-state index contributed by atoms with van der Waals surface area (Å²) in [6, 6.07) is 16.9. The van der Waals surface area contributed by atoms with Crippen LogP contribution in [0.25, 0.3) is 11.3 Å². The quantitative estimate of drug-likeness (QED) is 0.0907. The zero-order valence-electron chi connectivity index (χ0n) is 35.0. The van der Waals surface area contributed by atoms with Crippen molar-refractivity contribution in [3.63, 3.8) is 0 Å². The number of thioether (sulfide) groups is 1. The molecule has 4 aromatic heterocycles. The molecule has 0 amide bonds. The van der Waals surface area contributed by atoms with Crippen LogP contribution >= 0.6 is 11.8 Å². The van der Waals surface area contributed by atoms with E-state index in [9.17, 15) is 4.21 Å². The molecule has 3 N–H and O–H groups in total. The molecule has 1 aliphatic heterocycles. The molecule has 16 heteroatoms. The SMILES string of the molecule is CC(C)c1cnn2c(NCc3ccccc3S(C)=O)nc(O[C@@H]3CCCNC3)nc12.CSc1ccccc1CNc1nc(OC2CCCCC2)nc2c(C(C)C)cnn12. The Labute approximate surface area is 353 Å². The van der Waals surface area contributed by atoms with Crippen LogP contribution < -0.4 is 25.4 Å². The maximum Gasteiger partial charge on any atom is 0.322 e. The van der Waals surface area contributed by atoms with E-state index in [-0.39, 0.29) is 18.1 Å². The summed E-state index contributed by atoms with van der Waals surface area (Å²) in [6.07, 6.45) is 15.7. The van der Waals surface area contributed by atoms with Crippen molar-refractivity contribution in [3.8, 4) is 12.0 Å². The minimum Gasteiger partial charge on any atom is -0.460 e. The number of nitrogens with one attached hydrogen (secondary N) is 3. The molecule has 14 nitrogen and oxygen atoms in total. The summed E-state index contributed by atoms with van der Waals surface area (Å²) in [7, 11) is -1.06. The number of benzene rings is 2. The Morgan fingerprint density at radius 2 is 1.29 bits per heavy atom. The normalized spacial score (nSPS) is 16.6. The van der Waals surface area contributed by atoms with Crippen LogP contribution in [0.2, 0.25) is 0 Å². The maximum atomic E-state index is 12.1. The molecular weight excluding hydrogens is 783 g/mol. The van der Waals surface area contributed by atoms with Crippen molar-refractivity contribution in [1.29, 1.82) is 0 Å². The molecule has 1 aliphatic carbocycles. The fourth-order valence-corrected chi connectivity index (χ4v) is 8.83. The summed E-state index contributed by atoms with van der Waals surface area (Å²) in [5.74, 6) is 1.83. The van der Waals surface area contributed by atoms with E-state index >= 15 is 0 Å². The molecule has 6 aromatic rings. The maximum absolute atomic E-state index is 12.1. The molecular formula is C43H57N11O3S2. The predicted octanol–water partition coefficient (Wildman–Crippen LogP) is 8.02. The lowest BCUT2D eigenvalue weighted by Crippen LogP contribution is -2.37. The molecule has 1 saturated carbocycles. The largest absolute Gasteiger partial charge is 0.460 e. The lowest BCUT2D eigenvalue weighted by Gasteiger charge is -2.23. The van der Waals surface area contributed by atoms with Crippen molar-refractivity contribution in [3.05, 3.63) is 83.2 Å². The number of rotatable bonds is 14. The first-order valence-corrected chi connectivity index (χ1v) is 23.5. The van der Waals surface area contributed by atoms with Gasteiger partial charge in [-0.3, -0.25) is 4.21 Å². The summed E-state index contributed by atoms with van der Waals surface area (Å²) in [4.78, 5) is 20.7. The standard InChI is InChI=1S/C22H29N5OS.C21H28N6O2S/c1-15(2)18-14-24-27-20(18)25-22(28-17-10-5-4-6-11-17)26-21(27)23-13-16-9-7-8-12-19(16)29-3;1-14(2)17-13-24-27-19(17)25-21(29-16-8-6-10-22-12-16)26-20(27)23-11-15-7-4-5-9-18(15)30(3)28/h7-9,12,14-15,17H,4-6,10-11,13H2,1-3H3,(H,23,25,26);4-5,7,9,13-14,16,22H,6,8,10-12H2,1-3H3,(H,23,25,26)/t;16-,30?/m.1/s1. The topological polar surface area (TPSA) is 158 Å². The van der Waals surface area contributed by atoms with Crippen LogP contribution in [0.4, 0.5) is 11.9 Å². The Morgan fingerprint density at radius 1 is 0.746 bits per heavy atom. The van der Waals surface area contributed by atoms with Gasteiger partial charge in [0.2, 0.25) is 11.9 Å². The fraction of sp³-hybridized carbons (Fsp3) is 0.488. The first-order valence-electron chi connectivity index (χ1n) is 20.7. The number of hydrogen-bond acceptors (Lipinski definition) is 13. The molecule has 2 atom stereocenters. The molecule has 5 heterocycles. The third-order valence-electron chi connectivity index (χ3n) is 10.7. The van der Waals surface area contributed by atoms with E-state index in [0.29, 0.717) is 42.9 Å². The Hall–Kier alpha value is -4.80. The molecule has 0 spiro atoms. The van der Waals surface area contributed by atoms with Gasteiger partial charge in [0, 0.05) is 46.8 Å². The van der Waals surface area contributed by atoms with Crippen LogP contribution in [0.5, 0.6) is 12.0 Å². The average Bonchev–Trinajstić information content (AvgIpc) is 3.89. The Kier molecular flexibility index (Phi) is 14.3.